The van der Waals surface area contributed by atoms with Crippen molar-refractivity contribution in [2.24, 2.45) is 7.05 Å². The van der Waals surface area contributed by atoms with E-state index in [2.05, 4.69) is 10.6 Å². The molecule has 0 saturated carbocycles. The minimum Gasteiger partial charge on any atom is -0.491 e. The topological polar surface area (TPSA) is 65.4 Å². The Bertz CT molecular complexity index is 863. The van der Waals surface area contributed by atoms with Crippen LogP contribution in [-0.4, -0.2) is 28.9 Å². The van der Waals surface area contributed by atoms with Gasteiger partial charge in [0.05, 0.1) is 5.69 Å². The first kappa shape index (κ1) is 17.6. The maximum Gasteiger partial charge on any atom is 0.295 e. The molecule has 26 heavy (non-hydrogen) atoms. The molecular formula is C19H18FN3O3. The Labute approximate surface area is 150 Å². The average molecular weight is 355 g/mol. The van der Waals surface area contributed by atoms with Crippen molar-refractivity contribution in [2.45, 2.75) is 0 Å². The number of carbonyl (C=O) groups is 1. The Morgan fingerprint density at radius 1 is 1.12 bits per heavy atom. The van der Waals surface area contributed by atoms with Crippen LogP contribution >= 0.6 is 0 Å². The zero-order chi connectivity index (χ0) is 18.4. The minimum absolute atomic E-state index is 0.193. The number of nitrogens with one attached hydrogen (secondary N) is 1. The van der Waals surface area contributed by atoms with Gasteiger partial charge in [0.2, 0.25) is 0 Å². The van der Waals surface area contributed by atoms with Crippen LogP contribution in [0.15, 0.2) is 60.7 Å². The molecule has 0 fully saturated rings. The van der Waals surface area contributed by atoms with Crippen LogP contribution < -0.4 is 10.2 Å². The Morgan fingerprint density at radius 2 is 1.85 bits per heavy atom. The second-order valence-electron chi connectivity index (χ2n) is 5.49. The zero-order valence-corrected chi connectivity index (χ0v) is 14.2. The highest BCUT2D eigenvalue weighted by molar-refractivity contribution is 5.92. The van der Waals surface area contributed by atoms with Crippen molar-refractivity contribution in [3.8, 4) is 17.0 Å². The molecule has 0 aliphatic heterocycles. The van der Waals surface area contributed by atoms with Gasteiger partial charge < -0.3 is 4.74 Å². The van der Waals surface area contributed by atoms with E-state index in [0.29, 0.717) is 12.3 Å². The Morgan fingerprint density at radius 3 is 2.58 bits per heavy atom. The van der Waals surface area contributed by atoms with Crippen LogP contribution in [0.3, 0.4) is 0 Å². The van der Waals surface area contributed by atoms with E-state index in [0.717, 1.165) is 11.3 Å². The summed E-state index contributed by atoms with van der Waals surface area (Å²) in [7, 11) is 1.71. The van der Waals surface area contributed by atoms with Crippen molar-refractivity contribution in [1.82, 2.24) is 15.3 Å². The molecule has 2 aromatic carbocycles. The minimum atomic E-state index is -0.464. The van der Waals surface area contributed by atoms with Crippen LogP contribution in [0.4, 0.5) is 4.39 Å². The maximum absolute atomic E-state index is 13.0. The van der Waals surface area contributed by atoms with E-state index < -0.39 is 5.91 Å². The third-order valence-corrected chi connectivity index (χ3v) is 3.61. The fourth-order valence-electron chi connectivity index (χ4n) is 2.36. The van der Waals surface area contributed by atoms with Gasteiger partial charge in [-0.2, -0.15) is 5.10 Å². The van der Waals surface area contributed by atoms with Gasteiger partial charge in [-0.1, -0.05) is 18.2 Å². The number of rotatable bonds is 7. The third-order valence-electron chi connectivity index (χ3n) is 3.61. The summed E-state index contributed by atoms with van der Waals surface area (Å²) in [5.41, 5.74) is 3.99. The number of ether oxygens (including phenoxy) is 1. The Balaban J connectivity index is 1.50. The number of aryl methyl sites for hydroxylation is 1. The van der Waals surface area contributed by atoms with Crippen LogP contribution in [0.1, 0.15) is 10.5 Å². The summed E-state index contributed by atoms with van der Waals surface area (Å²) in [6.07, 6.45) is 0. The first-order valence-electron chi connectivity index (χ1n) is 8.03. The molecule has 7 heteroatoms. The summed E-state index contributed by atoms with van der Waals surface area (Å²) in [5, 5.41) is 4.16. The first-order valence-corrected chi connectivity index (χ1v) is 8.03. The molecule has 134 valence electrons. The highest BCUT2D eigenvalue weighted by atomic mass is 19.1. The number of amides is 1. The smallest absolute Gasteiger partial charge is 0.295 e. The van der Waals surface area contributed by atoms with Crippen LogP contribution in [0, 0.1) is 5.82 Å². The fraction of sp³-hybridized carbons (Fsp3) is 0.158. The summed E-state index contributed by atoms with van der Waals surface area (Å²) >= 11 is 0. The molecule has 3 rings (SSSR count). The fourth-order valence-corrected chi connectivity index (χ4v) is 2.36. The van der Waals surface area contributed by atoms with E-state index in [4.69, 9.17) is 9.57 Å². The summed E-state index contributed by atoms with van der Waals surface area (Å²) in [6.45, 7) is 0.492. The number of nitrogens with zero attached hydrogens (tertiary/aromatic N) is 2. The largest absolute Gasteiger partial charge is 0.491 e. The van der Waals surface area contributed by atoms with E-state index in [1.807, 2.05) is 30.3 Å². The number of hydrogen-bond donors (Lipinski definition) is 1. The molecule has 0 radical (unpaired) electrons. The summed E-state index contributed by atoms with van der Waals surface area (Å²) in [4.78, 5) is 17.2. The molecule has 0 bridgehead atoms. The van der Waals surface area contributed by atoms with E-state index in [1.165, 1.54) is 12.1 Å². The maximum atomic E-state index is 13.0. The van der Waals surface area contributed by atoms with E-state index in [9.17, 15) is 9.18 Å². The van der Waals surface area contributed by atoms with Crippen LogP contribution in [0.2, 0.25) is 0 Å². The molecule has 1 N–H and O–H groups in total. The number of hydrogen-bond acceptors (Lipinski definition) is 4. The second-order valence-corrected chi connectivity index (χ2v) is 5.49. The van der Waals surface area contributed by atoms with Gasteiger partial charge in [0.15, 0.2) is 5.69 Å². The van der Waals surface area contributed by atoms with Crippen LogP contribution in [-0.2, 0) is 11.9 Å². The van der Waals surface area contributed by atoms with Crippen LogP contribution in [0.25, 0.3) is 11.3 Å². The molecule has 0 aliphatic carbocycles. The molecule has 0 atom stereocenters. The molecular weight excluding hydrogens is 337 g/mol. The van der Waals surface area contributed by atoms with Crippen molar-refractivity contribution >= 4 is 5.91 Å². The molecule has 1 aromatic heterocycles. The average Bonchev–Trinajstić information content (AvgIpc) is 3.05. The van der Waals surface area contributed by atoms with E-state index in [-0.39, 0.29) is 18.1 Å². The molecule has 0 aliphatic rings. The second kappa shape index (κ2) is 8.26. The predicted molar refractivity (Wildman–Crippen MR) is 94.0 cm³/mol. The van der Waals surface area contributed by atoms with Gasteiger partial charge in [0.25, 0.3) is 5.91 Å². The van der Waals surface area contributed by atoms with Crippen molar-refractivity contribution in [3.05, 3.63) is 72.2 Å². The van der Waals surface area contributed by atoms with Gasteiger partial charge in [-0.05, 0) is 48.0 Å². The van der Waals surface area contributed by atoms with Gasteiger partial charge in [-0.3, -0.25) is 14.3 Å². The number of benzene rings is 2. The first-order chi connectivity index (χ1) is 12.6. The van der Waals surface area contributed by atoms with Gasteiger partial charge >= 0.3 is 0 Å². The quantitative estimate of drug-likeness (QED) is 0.523. The molecule has 3 aromatic rings. The zero-order valence-electron chi connectivity index (χ0n) is 14.2. The lowest BCUT2D eigenvalue weighted by Gasteiger charge is -2.06. The highest BCUT2D eigenvalue weighted by Crippen LogP contribution is 2.20. The predicted octanol–water partition coefficient (Wildman–Crippen LogP) is 2.97. The van der Waals surface area contributed by atoms with Crippen molar-refractivity contribution < 1.29 is 18.8 Å². The number of hydroxylamine groups is 1. The molecule has 1 amide bonds. The SMILES string of the molecule is Cn1nc(C(=O)NOCCOc2ccccc2)cc1-c1ccc(F)cc1. The lowest BCUT2D eigenvalue weighted by Crippen LogP contribution is -2.26. The molecule has 0 saturated heterocycles. The standard InChI is InChI=1S/C19H18FN3O3/c1-23-18(14-7-9-15(20)10-8-14)13-17(21-23)19(24)22-26-12-11-25-16-5-3-2-4-6-16/h2-10,13H,11-12H2,1H3,(H,22,24). The molecule has 0 spiro atoms. The van der Waals surface area contributed by atoms with Crippen LogP contribution in [0.5, 0.6) is 5.75 Å². The lowest BCUT2D eigenvalue weighted by atomic mass is 10.1. The number of aromatic nitrogens is 2. The van der Waals surface area contributed by atoms with E-state index >= 15 is 0 Å². The third kappa shape index (κ3) is 4.46. The van der Waals surface area contributed by atoms with Gasteiger partial charge in [0, 0.05) is 7.05 Å². The lowest BCUT2D eigenvalue weighted by molar-refractivity contribution is 0.0196. The normalized spacial score (nSPS) is 10.5. The van der Waals surface area contributed by atoms with Gasteiger partial charge in [-0.15, -0.1) is 0 Å². The van der Waals surface area contributed by atoms with Crippen molar-refractivity contribution in [1.29, 1.82) is 0 Å². The number of carbonyl (C=O) groups excluding carboxylic acids is 1. The van der Waals surface area contributed by atoms with Crippen molar-refractivity contribution in [2.75, 3.05) is 13.2 Å². The molecule has 6 nitrogen and oxygen atoms in total. The van der Waals surface area contributed by atoms with Crippen molar-refractivity contribution in [3.63, 3.8) is 0 Å². The monoisotopic (exact) mass is 355 g/mol. The highest BCUT2D eigenvalue weighted by Gasteiger charge is 2.14. The summed E-state index contributed by atoms with van der Waals surface area (Å²) in [6, 6.07) is 16.9. The Hall–Kier alpha value is -3.19. The molecule has 0 unspecified atom stereocenters. The van der Waals surface area contributed by atoms with Gasteiger partial charge in [0.1, 0.15) is 24.8 Å². The Kier molecular flexibility index (Phi) is 5.60. The van der Waals surface area contributed by atoms with E-state index in [1.54, 1.807) is 29.9 Å². The number of halogens is 1. The molecule has 1 heterocycles. The summed E-state index contributed by atoms with van der Waals surface area (Å²) in [5.74, 6) is -0.0511. The van der Waals surface area contributed by atoms with Gasteiger partial charge in [-0.25, -0.2) is 9.87 Å². The number of para-hydroxylation sites is 1. The summed E-state index contributed by atoms with van der Waals surface area (Å²) < 4.78 is 20.0.